The van der Waals surface area contributed by atoms with Gasteiger partial charge in [-0.15, -0.1) is 0 Å². The zero-order valence-corrected chi connectivity index (χ0v) is 10.2. The zero-order valence-electron chi connectivity index (χ0n) is 9.37. The Morgan fingerprint density at radius 1 is 1.47 bits per heavy atom. The highest BCUT2D eigenvalue weighted by molar-refractivity contribution is 7.86. The lowest BCUT2D eigenvalue weighted by Gasteiger charge is -2.12. The highest BCUT2D eigenvalue weighted by Gasteiger charge is 2.22. The summed E-state index contributed by atoms with van der Waals surface area (Å²) < 4.78 is 36.6. The van der Waals surface area contributed by atoms with Gasteiger partial charge in [-0.2, -0.15) is 8.42 Å². The second-order valence-corrected chi connectivity index (χ2v) is 4.80. The van der Waals surface area contributed by atoms with Gasteiger partial charge in [-0.3, -0.25) is 13.9 Å². The van der Waals surface area contributed by atoms with Crippen LogP contribution >= 0.6 is 0 Å². The van der Waals surface area contributed by atoms with Crippen LogP contribution in [0.4, 0.5) is 0 Å². The molecule has 0 bridgehead atoms. The summed E-state index contributed by atoms with van der Waals surface area (Å²) in [5, 5.41) is 9.68. The van der Waals surface area contributed by atoms with E-state index in [2.05, 4.69) is 0 Å². The molecule has 0 aliphatic heterocycles. The molecule has 1 aromatic rings. The lowest BCUT2D eigenvalue weighted by atomic mass is 10.3. The largest absolute Gasteiger partial charge is 0.493 e. The first-order valence-electron chi connectivity index (χ1n) is 4.69. The number of aromatic nitrogens is 1. The molecule has 0 spiro atoms. The van der Waals surface area contributed by atoms with Crippen LogP contribution in [0.15, 0.2) is 15.8 Å². The summed E-state index contributed by atoms with van der Waals surface area (Å²) in [6.45, 7) is 1.43. The molecular weight excluding hydrogens is 250 g/mol. The third kappa shape index (κ3) is 2.84. The number of hydrogen-bond acceptors (Lipinski definition) is 5. The summed E-state index contributed by atoms with van der Waals surface area (Å²) in [6.07, 6.45) is 0. The van der Waals surface area contributed by atoms with Crippen molar-refractivity contribution in [2.45, 2.75) is 18.4 Å². The maximum absolute atomic E-state index is 11.5. The van der Waals surface area contributed by atoms with Gasteiger partial charge in [-0.25, -0.2) is 0 Å². The highest BCUT2D eigenvalue weighted by Crippen LogP contribution is 2.23. The molecule has 0 aliphatic carbocycles. The average Bonchev–Trinajstić information content (AvgIpc) is 2.14. The molecule has 17 heavy (non-hydrogen) atoms. The molecule has 0 atom stereocenters. The van der Waals surface area contributed by atoms with Crippen molar-refractivity contribution in [3.8, 4) is 5.88 Å². The quantitative estimate of drug-likeness (QED) is 0.726. The van der Waals surface area contributed by atoms with Crippen molar-refractivity contribution in [1.29, 1.82) is 0 Å². The summed E-state index contributed by atoms with van der Waals surface area (Å²) in [4.78, 5) is 10.9. The second-order valence-electron chi connectivity index (χ2n) is 3.44. The molecule has 0 amide bonds. The average molecular weight is 263 g/mol. The van der Waals surface area contributed by atoms with E-state index in [4.69, 9.17) is 9.29 Å². The predicted octanol–water partition coefficient (Wildman–Crippen LogP) is -0.245. The van der Waals surface area contributed by atoms with Crippen molar-refractivity contribution in [1.82, 2.24) is 4.57 Å². The molecule has 1 rings (SSSR count). The monoisotopic (exact) mass is 263 g/mol. The highest BCUT2D eigenvalue weighted by atomic mass is 32.2. The smallest absolute Gasteiger partial charge is 0.300 e. The Hall–Kier alpha value is -1.38. The molecule has 0 aliphatic rings. The van der Waals surface area contributed by atoms with Gasteiger partial charge < -0.3 is 9.84 Å². The molecule has 96 valence electrons. The van der Waals surface area contributed by atoms with Gasteiger partial charge in [0.25, 0.3) is 15.7 Å². The van der Waals surface area contributed by atoms with E-state index in [1.807, 2.05) is 0 Å². The van der Waals surface area contributed by atoms with Gasteiger partial charge in [0, 0.05) is 13.2 Å². The fourth-order valence-electron chi connectivity index (χ4n) is 1.45. The molecule has 0 saturated heterocycles. The summed E-state index contributed by atoms with van der Waals surface area (Å²) >= 11 is 0. The van der Waals surface area contributed by atoms with Crippen LogP contribution < -0.4 is 5.56 Å². The van der Waals surface area contributed by atoms with Crippen LogP contribution in [0.25, 0.3) is 0 Å². The number of hydrogen-bond donors (Lipinski definition) is 2. The normalized spacial score (nSPS) is 11.7. The Morgan fingerprint density at radius 2 is 2.06 bits per heavy atom. The lowest BCUT2D eigenvalue weighted by Crippen LogP contribution is -2.24. The van der Waals surface area contributed by atoms with E-state index in [9.17, 15) is 18.3 Å². The van der Waals surface area contributed by atoms with Crippen molar-refractivity contribution < 1.29 is 22.8 Å². The first kappa shape index (κ1) is 13.7. The number of aryl methyl sites for hydroxylation is 1. The van der Waals surface area contributed by atoms with Gasteiger partial charge in [0.2, 0.25) is 5.88 Å². The number of aromatic hydroxyl groups is 1. The first-order valence-corrected chi connectivity index (χ1v) is 6.13. The third-order valence-electron chi connectivity index (χ3n) is 2.20. The van der Waals surface area contributed by atoms with E-state index in [1.54, 1.807) is 0 Å². The standard InChI is InChI=1S/C9H13NO6S/c1-6-5-7(11)10(3-4-16-2)9(12)8(6)17(13,14)15/h5,12H,3-4H2,1-2H3,(H,13,14,15). The molecule has 1 heterocycles. The van der Waals surface area contributed by atoms with Crippen LogP contribution in [0.3, 0.4) is 0 Å². The number of methoxy groups -OCH3 is 1. The number of pyridine rings is 1. The molecule has 0 unspecified atom stereocenters. The number of ether oxygens (including phenoxy) is 1. The second kappa shape index (κ2) is 4.86. The van der Waals surface area contributed by atoms with Gasteiger partial charge in [0.15, 0.2) is 4.90 Å². The molecule has 0 fully saturated rings. The molecule has 8 heteroatoms. The minimum absolute atomic E-state index is 0.00995. The Kier molecular flexibility index (Phi) is 3.91. The van der Waals surface area contributed by atoms with Crippen LogP contribution in [-0.4, -0.2) is 36.4 Å². The van der Waals surface area contributed by atoms with Gasteiger partial charge in [0.05, 0.1) is 13.2 Å². The SMILES string of the molecule is COCCn1c(O)c(S(=O)(=O)O)c(C)cc1=O. The summed E-state index contributed by atoms with van der Waals surface area (Å²) in [5.41, 5.74) is -0.576. The molecule has 7 nitrogen and oxygen atoms in total. The van der Waals surface area contributed by atoms with Gasteiger partial charge in [-0.1, -0.05) is 0 Å². The van der Waals surface area contributed by atoms with E-state index < -0.39 is 26.5 Å². The van der Waals surface area contributed by atoms with E-state index >= 15 is 0 Å². The first-order chi connectivity index (χ1) is 7.79. The van der Waals surface area contributed by atoms with Crippen molar-refractivity contribution in [2.75, 3.05) is 13.7 Å². The van der Waals surface area contributed by atoms with Crippen LogP contribution in [0, 0.1) is 6.92 Å². The molecule has 0 saturated carbocycles. The van der Waals surface area contributed by atoms with E-state index in [1.165, 1.54) is 14.0 Å². The van der Waals surface area contributed by atoms with Crippen LogP contribution in [0.5, 0.6) is 5.88 Å². The fraction of sp³-hybridized carbons (Fsp3) is 0.444. The number of rotatable bonds is 4. The van der Waals surface area contributed by atoms with Gasteiger partial charge in [0.1, 0.15) is 0 Å². The van der Waals surface area contributed by atoms with Crippen LogP contribution in [-0.2, 0) is 21.4 Å². The van der Waals surface area contributed by atoms with Crippen molar-refractivity contribution in [2.24, 2.45) is 0 Å². The Morgan fingerprint density at radius 3 is 2.53 bits per heavy atom. The minimum Gasteiger partial charge on any atom is -0.493 e. The minimum atomic E-state index is -4.58. The van der Waals surface area contributed by atoms with E-state index in [0.29, 0.717) is 0 Å². The summed E-state index contributed by atoms with van der Waals surface area (Å²) in [5.74, 6) is -0.783. The van der Waals surface area contributed by atoms with Crippen molar-refractivity contribution >= 4 is 10.1 Å². The molecule has 1 aromatic heterocycles. The number of nitrogens with zero attached hydrogens (tertiary/aromatic N) is 1. The molecule has 0 aromatic carbocycles. The van der Waals surface area contributed by atoms with Crippen molar-refractivity contribution in [3.63, 3.8) is 0 Å². The van der Waals surface area contributed by atoms with Gasteiger partial charge in [-0.05, 0) is 12.5 Å². The predicted molar refractivity (Wildman–Crippen MR) is 58.8 cm³/mol. The molecule has 0 radical (unpaired) electrons. The van der Waals surface area contributed by atoms with Crippen LogP contribution in [0.2, 0.25) is 0 Å². The maximum Gasteiger partial charge on any atom is 0.300 e. The summed E-state index contributed by atoms with van der Waals surface area (Å²) in [6, 6.07) is 1.03. The Bertz CT molecular complexity index is 574. The molecule has 2 N–H and O–H groups in total. The summed E-state index contributed by atoms with van der Waals surface area (Å²) in [7, 11) is -3.18. The van der Waals surface area contributed by atoms with Gasteiger partial charge >= 0.3 is 0 Å². The topological polar surface area (TPSA) is 106 Å². The van der Waals surface area contributed by atoms with E-state index in [0.717, 1.165) is 10.6 Å². The molecular formula is C9H13NO6S. The van der Waals surface area contributed by atoms with Crippen LogP contribution in [0.1, 0.15) is 5.56 Å². The van der Waals surface area contributed by atoms with E-state index in [-0.39, 0.29) is 18.7 Å². The zero-order chi connectivity index (χ0) is 13.2. The fourth-order valence-corrected chi connectivity index (χ4v) is 2.26. The van der Waals surface area contributed by atoms with Crippen molar-refractivity contribution in [3.05, 3.63) is 22.0 Å². The lowest BCUT2D eigenvalue weighted by molar-refractivity contribution is 0.181. The third-order valence-corrected chi connectivity index (χ3v) is 3.22. The maximum atomic E-state index is 11.5. The Balaban J connectivity index is 3.49. The Labute approximate surface area is 98.0 Å².